The quantitative estimate of drug-likeness (QED) is 0.123. The second-order valence-corrected chi connectivity index (χ2v) is 12.1. The molecule has 0 saturated carbocycles. The molecule has 0 N–H and O–H groups in total. The van der Waals surface area contributed by atoms with Crippen LogP contribution in [0.5, 0.6) is 0 Å². The minimum Gasteiger partial charge on any atom is -0.376 e. The summed E-state index contributed by atoms with van der Waals surface area (Å²) in [5.74, 6) is -1.01. The van der Waals surface area contributed by atoms with Crippen LogP contribution in [0.15, 0.2) is 10.3 Å². The lowest BCUT2D eigenvalue weighted by Gasteiger charge is -2.21. The minimum absolute atomic E-state index is 0.118. The van der Waals surface area contributed by atoms with Gasteiger partial charge in [-0.2, -0.15) is 0 Å². The summed E-state index contributed by atoms with van der Waals surface area (Å²) in [5, 5.41) is 6.73. The van der Waals surface area contributed by atoms with Crippen molar-refractivity contribution >= 4 is 80.1 Å². The number of carbonyl (C=O) groups excluding carboxylic acids is 4. The molecule has 0 bridgehead atoms. The zero-order valence-corrected chi connectivity index (χ0v) is 27.6. The normalized spacial score (nSPS) is 14.1. The van der Waals surface area contributed by atoms with E-state index in [0.717, 1.165) is 37.6 Å². The molecular formula is C20H36N6O11S4. The van der Waals surface area contributed by atoms with Crippen molar-refractivity contribution < 1.29 is 50.4 Å². The van der Waals surface area contributed by atoms with E-state index < -0.39 is 59.2 Å². The number of ether oxygens (including phenoxy) is 1. The van der Waals surface area contributed by atoms with E-state index in [1.54, 1.807) is 26.4 Å². The molecule has 21 heteroatoms. The number of oxime groups is 2. The Kier molecular flexibility index (Phi) is 18.6. The molecule has 0 aliphatic heterocycles. The van der Waals surface area contributed by atoms with Crippen LogP contribution in [0.4, 0.5) is 9.59 Å². The van der Waals surface area contributed by atoms with E-state index in [1.165, 1.54) is 38.0 Å². The molecule has 3 unspecified atom stereocenters. The lowest BCUT2D eigenvalue weighted by Crippen LogP contribution is -2.37. The number of nitrogens with zero attached hydrogens (tertiary/aromatic N) is 6. The Morgan fingerprint density at radius 2 is 1.15 bits per heavy atom. The van der Waals surface area contributed by atoms with Crippen molar-refractivity contribution in [1.82, 2.24) is 18.4 Å². The van der Waals surface area contributed by atoms with Gasteiger partial charge in [0.1, 0.15) is 6.10 Å². The number of rotatable bonds is 12. The highest BCUT2D eigenvalue weighted by molar-refractivity contribution is 8.15. The van der Waals surface area contributed by atoms with Gasteiger partial charge >= 0.3 is 12.2 Å². The zero-order valence-electron chi connectivity index (χ0n) is 24.4. The average molecular weight is 665 g/mol. The van der Waals surface area contributed by atoms with Crippen LogP contribution in [-0.4, -0.2) is 141 Å². The van der Waals surface area contributed by atoms with Crippen LogP contribution in [-0.2, 0) is 54.9 Å². The predicted molar refractivity (Wildman–Crippen MR) is 156 cm³/mol. The van der Waals surface area contributed by atoms with Gasteiger partial charge in [0.2, 0.25) is 10.1 Å². The van der Waals surface area contributed by atoms with E-state index >= 15 is 0 Å². The number of carbonyl (C=O) groups is 4. The van der Waals surface area contributed by atoms with Gasteiger partial charge in [-0.15, -0.1) is 23.5 Å². The molecule has 0 saturated heterocycles. The van der Waals surface area contributed by atoms with Gasteiger partial charge in [0.15, 0.2) is 0 Å². The first-order valence-electron chi connectivity index (χ1n) is 11.4. The second-order valence-electron chi connectivity index (χ2n) is 8.13. The molecule has 0 spiro atoms. The van der Waals surface area contributed by atoms with Gasteiger partial charge in [-0.25, -0.2) is 26.6 Å². The number of amides is 4. The monoisotopic (exact) mass is 664 g/mol. The average Bonchev–Trinajstić information content (AvgIpc) is 2.92. The van der Waals surface area contributed by atoms with Crippen molar-refractivity contribution in [2.75, 3.05) is 68.0 Å². The lowest BCUT2D eigenvalue weighted by molar-refractivity contribution is -0.122. The smallest absolute Gasteiger partial charge is 0.376 e. The van der Waals surface area contributed by atoms with Gasteiger partial charge in [-0.3, -0.25) is 27.6 Å². The molecule has 0 aliphatic carbocycles. The maximum absolute atomic E-state index is 12.6. The third-order valence-corrected chi connectivity index (χ3v) is 7.37. The van der Waals surface area contributed by atoms with Crippen LogP contribution in [0.2, 0.25) is 0 Å². The van der Waals surface area contributed by atoms with E-state index in [0.29, 0.717) is 8.61 Å². The molecule has 17 nitrogen and oxygen atoms in total. The topological polar surface area (TPSA) is 186 Å². The Labute approximate surface area is 252 Å². The van der Waals surface area contributed by atoms with Crippen LogP contribution in [0, 0.1) is 0 Å². The molecule has 0 aromatic heterocycles. The van der Waals surface area contributed by atoms with E-state index in [4.69, 9.17) is 13.1 Å². The summed E-state index contributed by atoms with van der Waals surface area (Å²) in [7, 11) is 8.14. The van der Waals surface area contributed by atoms with Gasteiger partial charge in [0.25, 0.3) is 34.3 Å². The van der Waals surface area contributed by atoms with Gasteiger partial charge in [-0.1, -0.05) is 10.3 Å². The summed E-state index contributed by atoms with van der Waals surface area (Å²) in [4.78, 5) is 60.2. The second kappa shape index (κ2) is 19.8. The lowest BCUT2D eigenvalue weighted by atomic mass is 10.4. The highest BCUT2D eigenvalue weighted by Gasteiger charge is 2.27. The summed E-state index contributed by atoms with van der Waals surface area (Å²) in [6.07, 6.45) is -0.694. The van der Waals surface area contributed by atoms with Gasteiger partial charge in [-0.05, 0) is 26.4 Å². The Bertz CT molecular complexity index is 1030. The van der Waals surface area contributed by atoms with Gasteiger partial charge < -0.3 is 14.5 Å². The van der Waals surface area contributed by atoms with Crippen molar-refractivity contribution in [3.8, 4) is 0 Å². The summed E-state index contributed by atoms with van der Waals surface area (Å²) in [6, 6.07) is 0. The first kappa shape index (κ1) is 38.7. The standard InChI is InChI=1S/C20H36N6O11S4/c1-13(2)33-11-14(37-41(32)26(8)20(30)36-22-16(39-10)18(28)24(5)6)12-34-40(31)25(7)19(29)35-21-15(38-9)17(27)23(3)4/h13-14H,11-12H2,1-10H3/b21-15-,22-16-. The Balaban J connectivity index is 5.28. The molecule has 236 valence electrons. The van der Waals surface area contributed by atoms with Gasteiger partial charge in [0.05, 0.1) is 19.3 Å². The zero-order chi connectivity index (χ0) is 31.9. The predicted octanol–water partition coefficient (Wildman–Crippen LogP) is 0.637. The molecule has 0 aromatic rings. The molecule has 41 heavy (non-hydrogen) atoms. The molecular weight excluding hydrogens is 629 g/mol. The molecule has 0 heterocycles. The van der Waals surface area contributed by atoms with Crippen molar-refractivity contribution in [3.63, 3.8) is 0 Å². The third-order valence-electron chi connectivity index (χ3n) is 4.13. The number of thioether (sulfide) groups is 2. The Morgan fingerprint density at radius 3 is 1.51 bits per heavy atom. The first-order chi connectivity index (χ1) is 19.1. The highest BCUT2D eigenvalue weighted by Crippen LogP contribution is 2.10. The van der Waals surface area contributed by atoms with Crippen LogP contribution < -0.4 is 0 Å². The van der Waals surface area contributed by atoms with E-state index in [9.17, 15) is 27.6 Å². The summed E-state index contributed by atoms with van der Waals surface area (Å²) >= 11 is -3.00. The Hall–Kier alpha value is -2.30. The van der Waals surface area contributed by atoms with Crippen molar-refractivity contribution in [2.45, 2.75) is 26.1 Å². The van der Waals surface area contributed by atoms with Crippen molar-refractivity contribution in [1.29, 1.82) is 0 Å². The molecule has 0 rings (SSSR count). The van der Waals surface area contributed by atoms with Crippen LogP contribution in [0.1, 0.15) is 13.8 Å². The van der Waals surface area contributed by atoms with Crippen molar-refractivity contribution in [2.24, 2.45) is 10.3 Å². The fourth-order valence-electron chi connectivity index (χ4n) is 1.91. The van der Waals surface area contributed by atoms with Crippen LogP contribution in [0.25, 0.3) is 0 Å². The van der Waals surface area contributed by atoms with Crippen LogP contribution in [0.3, 0.4) is 0 Å². The summed E-state index contributed by atoms with van der Waals surface area (Å²) < 4.78 is 42.1. The molecule has 0 aliphatic rings. The first-order valence-corrected chi connectivity index (χ1v) is 15.9. The van der Waals surface area contributed by atoms with E-state index in [-0.39, 0.29) is 22.8 Å². The molecule has 4 amide bonds. The fraction of sp³-hybridized carbons (Fsp3) is 0.700. The summed E-state index contributed by atoms with van der Waals surface area (Å²) in [5.41, 5.74) is 0. The maximum Gasteiger partial charge on any atom is 0.449 e. The maximum atomic E-state index is 12.6. The summed E-state index contributed by atoms with van der Waals surface area (Å²) in [6.45, 7) is 2.75. The van der Waals surface area contributed by atoms with E-state index in [2.05, 4.69) is 20.0 Å². The molecule has 0 fully saturated rings. The van der Waals surface area contributed by atoms with Gasteiger partial charge in [0, 0.05) is 42.3 Å². The SMILES string of the molecule is CS/C(=N\OC(=O)N(C)S(=O)OCC(COC(C)C)OS(=O)N(C)C(=O)O/N=C(\SC)C(=O)N(C)C)C(=O)N(C)C. The highest BCUT2D eigenvalue weighted by atomic mass is 32.2. The Morgan fingerprint density at radius 1 is 0.732 bits per heavy atom. The number of hydrogen-bond acceptors (Lipinski definition) is 15. The molecule has 0 aromatic carbocycles. The molecule has 0 radical (unpaired) electrons. The number of hydrogen-bond donors (Lipinski definition) is 0. The van der Waals surface area contributed by atoms with E-state index in [1.807, 2.05) is 0 Å². The fourth-order valence-corrected chi connectivity index (χ4v) is 4.05. The largest absolute Gasteiger partial charge is 0.449 e. The molecule has 3 atom stereocenters. The van der Waals surface area contributed by atoms with Crippen molar-refractivity contribution in [3.05, 3.63) is 0 Å². The minimum atomic E-state index is -2.46. The van der Waals surface area contributed by atoms with Crippen LogP contribution >= 0.6 is 23.5 Å². The third kappa shape index (κ3) is 14.4.